The minimum Gasteiger partial charge on any atom is -0.399 e. The van der Waals surface area contributed by atoms with Gasteiger partial charge in [0.2, 0.25) is 0 Å². The summed E-state index contributed by atoms with van der Waals surface area (Å²) < 4.78 is 5.31. The third-order valence-corrected chi connectivity index (χ3v) is 4.43. The van der Waals surface area contributed by atoms with Crippen molar-refractivity contribution in [3.63, 3.8) is 0 Å². The van der Waals surface area contributed by atoms with E-state index in [0.29, 0.717) is 5.25 Å². The first kappa shape index (κ1) is 12.7. The lowest BCUT2D eigenvalue weighted by Crippen LogP contribution is -2.18. The molecule has 1 aliphatic rings. The van der Waals surface area contributed by atoms with Crippen molar-refractivity contribution in [2.24, 2.45) is 0 Å². The van der Waals surface area contributed by atoms with Gasteiger partial charge in [0.25, 0.3) is 0 Å². The third kappa shape index (κ3) is 3.91. The number of thioether (sulfide) groups is 1. The molecule has 0 saturated carbocycles. The van der Waals surface area contributed by atoms with E-state index < -0.39 is 6.10 Å². The summed E-state index contributed by atoms with van der Waals surface area (Å²) in [5.41, 5.74) is 7.29. The third-order valence-electron chi connectivity index (χ3n) is 2.98. The second kappa shape index (κ2) is 6.28. The Balaban J connectivity index is 1.80. The quantitative estimate of drug-likeness (QED) is 0.808. The summed E-state index contributed by atoms with van der Waals surface area (Å²) in [5, 5.41) is 10.7. The molecule has 1 aromatic rings. The van der Waals surface area contributed by atoms with Gasteiger partial charge in [0.1, 0.15) is 0 Å². The van der Waals surface area contributed by atoms with Crippen LogP contribution in [0.5, 0.6) is 0 Å². The number of anilines is 1. The monoisotopic (exact) mass is 253 g/mol. The first-order valence-electron chi connectivity index (χ1n) is 5.98. The molecule has 1 aliphatic heterocycles. The zero-order valence-corrected chi connectivity index (χ0v) is 10.7. The van der Waals surface area contributed by atoms with E-state index in [0.717, 1.165) is 43.1 Å². The molecule has 0 aromatic heterocycles. The Labute approximate surface area is 106 Å². The fraction of sp³-hybridized carbons (Fsp3) is 0.538. The highest BCUT2D eigenvalue weighted by atomic mass is 32.2. The molecule has 1 unspecified atom stereocenters. The summed E-state index contributed by atoms with van der Waals surface area (Å²) >= 11 is 1.84. The molecule has 0 spiro atoms. The standard InChI is InChI=1S/C13H19NO2S/c14-11-3-1-10(2-4-11)13(15)9-17-12-5-7-16-8-6-12/h1-4,12-13,15H,5-9,14H2. The van der Waals surface area contributed by atoms with E-state index in [1.54, 1.807) is 0 Å². The lowest BCUT2D eigenvalue weighted by Gasteiger charge is -2.22. The number of hydrogen-bond acceptors (Lipinski definition) is 4. The molecule has 1 heterocycles. The minimum atomic E-state index is -0.400. The van der Waals surface area contributed by atoms with Crippen molar-refractivity contribution in [3.05, 3.63) is 29.8 Å². The van der Waals surface area contributed by atoms with E-state index in [1.807, 2.05) is 36.0 Å². The van der Waals surface area contributed by atoms with Crippen molar-refractivity contribution in [1.29, 1.82) is 0 Å². The molecule has 17 heavy (non-hydrogen) atoms. The predicted octanol–water partition coefficient (Wildman–Crippen LogP) is 2.21. The van der Waals surface area contributed by atoms with Gasteiger partial charge in [-0.15, -0.1) is 0 Å². The molecule has 1 aromatic carbocycles. The van der Waals surface area contributed by atoms with Crippen LogP contribution in [0, 0.1) is 0 Å². The summed E-state index contributed by atoms with van der Waals surface area (Å²) in [5.74, 6) is 0.745. The fourth-order valence-electron chi connectivity index (χ4n) is 1.88. The van der Waals surface area contributed by atoms with Crippen LogP contribution in [0.25, 0.3) is 0 Å². The fourth-order valence-corrected chi connectivity index (χ4v) is 3.06. The maximum absolute atomic E-state index is 10.0. The number of aliphatic hydroxyl groups excluding tert-OH is 1. The number of ether oxygens (including phenoxy) is 1. The van der Waals surface area contributed by atoms with Gasteiger partial charge >= 0.3 is 0 Å². The van der Waals surface area contributed by atoms with E-state index in [4.69, 9.17) is 10.5 Å². The number of benzene rings is 1. The van der Waals surface area contributed by atoms with E-state index in [9.17, 15) is 5.11 Å². The van der Waals surface area contributed by atoms with Gasteiger partial charge in [-0.3, -0.25) is 0 Å². The van der Waals surface area contributed by atoms with E-state index in [-0.39, 0.29) is 0 Å². The van der Waals surface area contributed by atoms with Crippen LogP contribution in [0.3, 0.4) is 0 Å². The van der Waals surface area contributed by atoms with Crippen LogP contribution in [-0.4, -0.2) is 29.3 Å². The van der Waals surface area contributed by atoms with Gasteiger partial charge in [0.15, 0.2) is 0 Å². The van der Waals surface area contributed by atoms with Crippen LogP contribution in [-0.2, 0) is 4.74 Å². The van der Waals surface area contributed by atoms with E-state index in [1.165, 1.54) is 0 Å². The highest BCUT2D eigenvalue weighted by Gasteiger charge is 2.16. The van der Waals surface area contributed by atoms with Gasteiger partial charge in [-0.05, 0) is 30.5 Å². The number of hydrogen-bond donors (Lipinski definition) is 2. The molecular formula is C13H19NO2S. The molecule has 0 bridgehead atoms. The lowest BCUT2D eigenvalue weighted by molar-refractivity contribution is 0.0998. The Morgan fingerprint density at radius 2 is 1.94 bits per heavy atom. The SMILES string of the molecule is Nc1ccc(C(O)CSC2CCOCC2)cc1. The number of aliphatic hydroxyl groups is 1. The average molecular weight is 253 g/mol. The minimum absolute atomic E-state index is 0.400. The van der Waals surface area contributed by atoms with Gasteiger partial charge in [-0.2, -0.15) is 11.8 Å². The molecule has 1 saturated heterocycles. The van der Waals surface area contributed by atoms with Crippen LogP contribution >= 0.6 is 11.8 Å². The van der Waals surface area contributed by atoms with Crippen molar-refractivity contribution in [2.75, 3.05) is 24.7 Å². The van der Waals surface area contributed by atoms with Gasteiger partial charge in [-0.25, -0.2) is 0 Å². The topological polar surface area (TPSA) is 55.5 Å². The molecule has 1 fully saturated rings. The summed E-state index contributed by atoms with van der Waals surface area (Å²) in [6.45, 7) is 1.71. The lowest BCUT2D eigenvalue weighted by atomic mass is 10.1. The van der Waals surface area contributed by atoms with Gasteiger partial charge < -0.3 is 15.6 Å². The molecule has 0 amide bonds. The summed E-state index contributed by atoms with van der Waals surface area (Å²) in [6, 6.07) is 7.45. The molecule has 1 atom stereocenters. The maximum atomic E-state index is 10.0. The molecule has 2 rings (SSSR count). The van der Waals surface area contributed by atoms with Crippen molar-refractivity contribution >= 4 is 17.4 Å². The molecule has 94 valence electrons. The van der Waals surface area contributed by atoms with Crippen molar-refractivity contribution in [2.45, 2.75) is 24.2 Å². The van der Waals surface area contributed by atoms with Gasteiger partial charge in [0, 0.05) is 29.9 Å². The Hall–Kier alpha value is -0.710. The van der Waals surface area contributed by atoms with Crippen LogP contribution < -0.4 is 5.73 Å². The number of nitrogen functional groups attached to an aromatic ring is 1. The zero-order chi connectivity index (χ0) is 12.1. The Kier molecular flexibility index (Phi) is 4.71. The van der Waals surface area contributed by atoms with Gasteiger partial charge in [-0.1, -0.05) is 12.1 Å². The van der Waals surface area contributed by atoms with Crippen molar-refractivity contribution in [1.82, 2.24) is 0 Å². The van der Waals surface area contributed by atoms with Crippen LogP contribution in [0.4, 0.5) is 5.69 Å². The predicted molar refractivity (Wildman–Crippen MR) is 72.1 cm³/mol. The summed E-state index contributed by atoms with van der Waals surface area (Å²) in [4.78, 5) is 0. The van der Waals surface area contributed by atoms with Crippen LogP contribution in [0.2, 0.25) is 0 Å². The van der Waals surface area contributed by atoms with E-state index >= 15 is 0 Å². The summed E-state index contributed by atoms with van der Waals surface area (Å²) in [7, 11) is 0. The first-order valence-corrected chi connectivity index (χ1v) is 7.03. The molecule has 3 N–H and O–H groups in total. The smallest absolute Gasteiger partial charge is 0.0880 e. The second-order valence-electron chi connectivity index (χ2n) is 4.33. The normalized spacial score (nSPS) is 19.1. The van der Waals surface area contributed by atoms with Crippen LogP contribution in [0.1, 0.15) is 24.5 Å². The second-order valence-corrected chi connectivity index (χ2v) is 5.66. The zero-order valence-electron chi connectivity index (χ0n) is 9.84. The maximum Gasteiger partial charge on any atom is 0.0880 e. The van der Waals surface area contributed by atoms with Gasteiger partial charge in [0.05, 0.1) is 6.10 Å². The number of rotatable bonds is 4. The number of nitrogens with two attached hydrogens (primary N) is 1. The Bertz CT molecular complexity index is 336. The largest absolute Gasteiger partial charge is 0.399 e. The van der Waals surface area contributed by atoms with E-state index in [2.05, 4.69) is 0 Å². The highest BCUT2D eigenvalue weighted by Crippen LogP contribution is 2.27. The molecule has 3 nitrogen and oxygen atoms in total. The Morgan fingerprint density at radius 3 is 2.59 bits per heavy atom. The van der Waals surface area contributed by atoms with Crippen molar-refractivity contribution < 1.29 is 9.84 Å². The van der Waals surface area contributed by atoms with Crippen LogP contribution in [0.15, 0.2) is 24.3 Å². The summed E-state index contributed by atoms with van der Waals surface area (Å²) in [6.07, 6.45) is 1.79. The molecule has 0 aliphatic carbocycles. The molecule has 0 radical (unpaired) electrons. The highest BCUT2D eigenvalue weighted by molar-refractivity contribution is 7.99. The molecule has 4 heteroatoms. The average Bonchev–Trinajstić information content (AvgIpc) is 2.38. The first-order chi connectivity index (χ1) is 8.25. The molecular weight excluding hydrogens is 234 g/mol. The van der Waals surface area contributed by atoms with Crippen molar-refractivity contribution in [3.8, 4) is 0 Å². The Morgan fingerprint density at radius 1 is 1.29 bits per heavy atom.